The van der Waals surface area contributed by atoms with Gasteiger partial charge >= 0.3 is 0 Å². The summed E-state index contributed by atoms with van der Waals surface area (Å²) in [5.74, 6) is 2.44. The van der Waals surface area contributed by atoms with Crippen LogP contribution in [-0.2, 0) is 30.9 Å². The zero-order chi connectivity index (χ0) is 22.1. The molecule has 3 rings (SSSR count). The van der Waals surface area contributed by atoms with Crippen molar-refractivity contribution in [3.63, 3.8) is 0 Å². The lowest BCUT2D eigenvalue weighted by atomic mass is 10.1. The first-order chi connectivity index (χ1) is 15.1. The molecule has 0 bridgehead atoms. The zero-order valence-corrected chi connectivity index (χ0v) is 18.6. The molecule has 1 aliphatic heterocycles. The van der Waals surface area contributed by atoms with Gasteiger partial charge in [-0.15, -0.1) is 0 Å². The topological polar surface area (TPSA) is 105 Å². The average molecular weight is 428 g/mol. The second kappa shape index (κ2) is 11.5. The first-order valence-corrected chi connectivity index (χ1v) is 11.0. The van der Waals surface area contributed by atoms with Crippen molar-refractivity contribution in [2.45, 2.75) is 58.8 Å². The summed E-state index contributed by atoms with van der Waals surface area (Å²) >= 11 is 0. The maximum atomic E-state index is 12.2. The Morgan fingerprint density at radius 3 is 2.97 bits per heavy atom. The third kappa shape index (κ3) is 6.52. The van der Waals surface area contributed by atoms with Crippen molar-refractivity contribution < 1.29 is 9.53 Å². The number of benzene rings is 1. The summed E-state index contributed by atoms with van der Waals surface area (Å²) in [6, 6.07) is 7.84. The molecule has 1 unspecified atom stereocenters. The number of nitrogens with one attached hydrogen (secondary N) is 3. The summed E-state index contributed by atoms with van der Waals surface area (Å²) in [6.45, 7) is 7.19. The lowest BCUT2D eigenvalue weighted by Gasteiger charge is -2.25. The molecular weight excluding hydrogens is 394 g/mol. The minimum atomic E-state index is -0.0450. The van der Waals surface area contributed by atoms with E-state index in [9.17, 15) is 4.79 Å². The summed E-state index contributed by atoms with van der Waals surface area (Å²) < 4.78 is 7.09. The number of nitrogens with zero attached hydrogens (tertiary/aromatic N) is 4. The number of guanidine groups is 1. The Balaban J connectivity index is 1.62. The molecule has 9 heteroatoms. The molecule has 1 aliphatic rings. The smallest absolute Gasteiger partial charge is 0.251 e. The number of amides is 1. The molecule has 3 N–H and O–H groups in total. The number of rotatable bonds is 9. The number of ether oxygens (including phenoxy) is 1. The fraction of sp³-hybridized carbons (Fsp3) is 0.545. The highest BCUT2D eigenvalue weighted by Crippen LogP contribution is 2.14. The quantitative estimate of drug-likeness (QED) is 0.415. The number of aliphatic imine (C=N–C) groups is 1. The third-order valence-corrected chi connectivity index (χ3v) is 5.00. The Hall–Kier alpha value is -2.94. The van der Waals surface area contributed by atoms with E-state index in [2.05, 4.69) is 26.0 Å². The first-order valence-electron chi connectivity index (χ1n) is 11.0. The van der Waals surface area contributed by atoms with Crippen molar-refractivity contribution in [2.75, 3.05) is 20.2 Å². The summed E-state index contributed by atoms with van der Waals surface area (Å²) in [6.07, 6.45) is 2.74. The largest absolute Gasteiger partial charge is 0.377 e. The number of hydrogen-bond acceptors (Lipinski definition) is 5. The molecule has 0 aliphatic carbocycles. The molecular formula is C22H33N7O2. The predicted molar refractivity (Wildman–Crippen MR) is 120 cm³/mol. The van der Waals surface area contributed by atoms with E-state index >= 15 is 0 Å². The van der Waals surface area contributed by atoms with E-state index in [1.807, 2.05) is 42.8 Å². The monoisotopic (exact) mass is 427 g/mol. The summed E-state index contributed by atoms with van der Waals surface area (Å²) in [5.41, 5.74) is 1.66. The van der Waals surface area contributed by atoms with E-state index in [0.717, 1.165) is 55.5 Å². The summed E-state index contributed by atoms with van der Waals surface area (Å²) in [7, 11) is 1.65. The maximum absolute atomic E-state index is 12.2. The van der Waals surface area contributed by atoms with Crippen LogP contribution < -0.4 is 16.0 Å². The zero-order valence-electron chi connectivity index (χ0n) is 18.6. The van der Waals surface area contributed by atoms with Crippen LogP contribution >= 0.6 is 0 Å². The molecule has 1 amide bonds. The van der Waals surface area contributed by atoms with Crippen LogP contribution in [0.25, 0.3) is 0 Å². The SMILES string of the molecule is CCCNC(=O)c1cccc(CN=C(NCC)NC2CCc3nc(COC)nn3C2)c1. The van der Waals surface area contributed by atoms with Gasteiger partial charge in [0.1, 0.15) is 12.4 Å². The molecule has 1 aromatic heterocycles. The van der Waals surface area contributed by atoms with E-state index in [1.54, 1.807) is 7.11 Å². The van der Waals surface area contributed by atoms with Crippen molar-refractivity contribution in [1.82, 2.24) is 30.7 Å². The fourth-order valence-electron chi connectivity index (χ4n) is 3.50. The molecule has 0 saturated carbocycles. The predicted octanol–water partition coefficient (Wildman–Crippen LogP) is 1.63. The average Bonchev–Trinajstić information content (AvgIpc) is 3.18. The van der Waals surface area contributed by atoms with E-state index in [1.165, 1.54) is 0 Å². The van der Waals surface area contributed by atoms with Gasteiger partial charge in [-0.3, -0.25) is 4.79 Å². The van der Waals surface area contributed by atoms with Gasteiger partial charge in [0.15, 0.2) is 11.8 Å². The van der Waals surface area contributed by atoms with Crippen LogP contribution in [0.3, 0.4) is 0 Å². The second-order valence-electron chi connectivity index (χ2n) is 7.59. The maximum Gasteiger partial charge on any atom is 0.251 e. The van der Waals surface area contributed by atoms with Gasteiger partial charge in [-0.05, 0) is 37.5 Å². The standard InChI is InChI=1S/C22H33N7O2/c1-4-11-24-21(30)17-8-6-7-16(12-17)13-25-22(23-5-2)26-18-9-10-20-27-19(15-31-3)28-29(20)14-18/h6-8,12,18H,4-5,9-11,13-15H2,1-3H3,(H,24,30)(H2,23,25,26). The lowest BCUT2D eigenvalue weighted by molar-refractivity contribution is 0.0953. The Bertz CT molecular complexity index is 894. The molecule has 0 saturated heterocycles. The molecule has 0 spiro atoms. The van der Waals surface area contributed by atoms with Crippen LogP contribution in [0.15, 0.2) is 29.3 Å². The number of carbonyl (C=O) groups excluding carboxylic acids is 1. The van der Waals surface area contributed by atoms with Gasteiger partial charge < -0.3 is 20.7 Å². The normalized spacial score (nSPS) is 16.0. The molecule has 0 fully saturated rings. The van der Waals surface area contributed by atoms with E-state index in [4.69, 9.17) is 9.73 Å². The Labute approximate surface area is 183 Å². The third-order valence-electron chi connectivity index (χ3n) is 5.00. The van der Waals surface area contributed by atoms with E-state index < -0.39 is 0 Å². The second-order valence-corrected chi connectivity index (χ2v) is 7.59. The van der Waals surface area contributed by atoms with Crippen LogP contribution in [0.5, 0.6) is 0 Å². The number of aromatic nitrogens is 3. The van der Waals surface area contributed by atoms with Gasteiger partial charge in [-0.2, -0.15) is 5.10 Å². The highest BCUT2D eigenvalue weighted by Gasteiger charge is 2.22. The van der Waals surface area contributed by atoms with Gasteiger partial charge in [-0.1, -0.05) is 19.1 Å². The lowest BCUT2D eigenvalue weighted by Crippen LogP contribution is -2.47. The van der Waals surface area contributed by atoms with Crippen LogP contribution in [0.4, 0.5) is 0 Å². The summed E-state index contributed by atoms with van der Waals surface area (Å²) in [5, 5.41) is 14.3. The van der Waals surface area contributed by atoms with Gasteiger partial charge in [0, 0.05) is 38.2 Å². The number of hydrogen-bond donors (Lipinski definition) is 3. The molecule has 1 atom stereocenters. The van der Waals surface area contributed by atoms with E-state index in [-0.39, 0.29) is 11.9 Å². The molecule has 31 heavy (non-hydrogen) atoms. The minimum absolute atomic E-state index is 0.0450. The minimum Gasteiger partial charge on any atom is -0.377 e. The van der Waals surface area contributed by atoms with Crippen molar-refractivity contribution in [3.8, 4) is 0 Å². The highest BCUT2D eigenvalue weighted by molar-refractivity contribution is 5.94. The molecule has 1 aromatic carbocycles. The van der Waals surface area contributed by atoms with Gasteiger partial charge in [0.2, 0.25) is 0 Å². The van der Waals surface area contributed by atoms with Crippen molar-refractivity contribution in [3.05, 3.63) is 47.0 Å². The van der Waals surface area contributed by atoms with Gasteiger partial charge in [0.05, 0.1) is 13.1 Å². The number of carbonyl (C=O) groups is 1. The Kier molecular flexibility index (Phi) is 8.40. The molecule has 2 heterocycles. The Morgan fingerprint density at radius 1 is 1.32 bits per heavy atom. The van der Waals surface area contributed by atoms with Gasteiger partial charge in [-0.25, -0.2) is 14.7 Å². The molecule has 2 aromatic rings. The van der Waals surface area contributed by atoms with E-state index in [0.29, 0.717) is 25.3 Å². The van der Waals surface area contributed by atoms with Gasteiger partial charge in [0.25, 0.3) is 5.91 Å². The van der Waals surface area contributed by atoms with Crippen LogP contribution in [0.2, 0.25) is 0 Å². The number of fused-ring (bicyclic) bond motifs is 1. The van der Waals surface area contributed by atoms with Crippen molar-refractivity contribution >= 4 is 11.9 Å². The number of aryl methyl sites for hydroxylation is 1. The van der Waals surface area contributed by atoms with Crippen LogP contribution in [0, 0.1) is 0 Å². The summed E-state index contributed by atoms with van der Waals surface area (Å²) in [4.78, 5) is 21.5. The van der Waals surface area contributed by atoms with Crippen molar-refractivity contribution in [1.29, 1.82) is 0 Å². The first kappa shape index (κ1) is 22.7. The van der Waals surface area contributed by atoms with Crippen LogP contribution in [-0.4, -0.2) is 52.9 Å². The molecule has 0 radical (unpaired) electrons. The fourth-order valence-corrected chi connectivity index (χ4v) is 3.50. The number of methoxy groups -OCH3 is 1. The Morgan fingerprint density at radius 2 is 2.19 bits per heavy atom. The molecule has 168 valence electrons. The highest BCUT2D eigenvalue weighted by atomic mass is 16.5. The molecule has 9 nitrogen and oxygen atoms in total. The van der Waals surface area contributed by atoms with Crippen LogP contribution in [0.1, 0.15) is 54.3 Å². The van der Waals surface area contributed by atoms with Crippen molar-refractivity contribution in [2.24, 2.45) is 4.99 Å².